The Balaban J connectivity index is 1.58. The number of carbonyl (C=O) groups excluding carboxylic acids is 1. The van der Waals surface area contributed by atoms with Gasteiger partial charge in [-0.25, -0.2) is 0 Å². The van der Waals surface area contributed by atoms with Crippen molar-refractivity contribution in [2.75, 3.05) is 0 Å². The fraction of sp³-hybridized carbons (Fsp3) is 0.278. The van der Waals surface area contributed by atoms with Crippen LogP contribution in [0.3, 0.4) is 0 Å². The first-order valence-corrected chi connectivity index (χ1v) is 7.21. The molecule has 1 unspecified atom stereocenters. The molecule has 0 fully saturated rings. The summed E-state index contributed by atoms with van der Waals surface area (Å²) in [6.07, 6.45) is 3.53. The molecule has 0 heterocycles. The maximum Gasteiger partial charge on any atom is 0.224 e. The summed E-state index contributed by atoms with van der Waals surface area (Å²) in [5, 5.41) is 3.17. The Labute approximate surface area is 119 Å². The van der Waals surface area contributed by atoms with Crippen molar-refractivity contribution in [3.8, 4) is 0 Å². The molecule has 0 aromatic heterocycles. The maximum atomic E-state index is 12.1. The van der Waals surface area contributed by atoms with Gasteiger partial charge in [-0.1, -0.05) is 54.6 Å². The van der Waals surface area contributed by atoms with Gasteiger partial charge in [0.2, 0.25) is 5.91 Å². The highest BCUT2D eigenvalue weighted by Crippen LogP contribution is 2.21. The zero-order chi connectivity index (χ0) is 13.8. The molecule has 1 amide bonds. The fourth-order valence-corrected chi connectivity index (χ4v) is 2.88. The third-order valence-electron chi connectivity index (χ3n) is 3.92. The number of hydrogen-bond donors (Lipinski definition) is 1. The molecule has 1 N–H and O–H groups in total. The number of nitrogens with one attached hydrogen (secondary N) is 1. The van der Waals surface area contributed by atoms with Crippen LogP contribution in [0.15, 0.2) is 54.6 Å². The van der Waals surface area contributed by atoms with Gasteiger partial charge in [-0.3, -0.25) is 4.79 Å². The lowest BCUT2D eigenvalue weighted by Crippen LogP contribution is -2.39. The van der Waals surface area contributed by atoms with Crippen molar-refractivity contribution >= 4 is 5.91 Å². The molecule has 2 aromatic carbocycles. The molecule has 0 bridgehead atoms. The van der Waals surface area contributed by atoms with Crippen LogP contribution in [0.1, 0.15) is 23.1 Å². The van der Waals surface area contributed by atoms with E-state index in [1.807, 2.05) is 30.3 Å². The Morgan fingerprint density at radius 3 is 2.50 bits per heavy atom. The second kappa shape index (κ2) is 5.91. The highest BCUT2D eigenvalue weighted by molar-refractivity contribution is 5.78. The van der Waals surface area contributed by atoms with Gasteiger partial charge in [-0.15, -0.1) is 0 Å². The summed E-state index contributed by atoms with van der Waals surface area (Å²) in [5.74, 6) is 0.126. The molecule has 2 aromatic rings. The van der Waals surface area contributed by atoms with Crippen LogP contribution in [0.5, 0.6) is 0 Å². The van der Waals surface area contributed by atoms with E-state index in [-0.39, 0.29) is 11.9 Å². The maximum absolute atomic E-state index is 12.1. The Hall–Kier alpha value is -2.09. The van der Waals surface area contributed by atoms with E-state index in [4.69, 9.17) is 0 Å². The Morgan fingerprint density at radius 2 is 1.70 bits per heavy atom. The van der Waals surface area contributed by atoms with E-state index in [2.05, 4.69) is 29.6 Å². The average molecular weight is 265 g/mol. The van der Waals surface area contributed by atoms with Gasteiger partial charge in [0.1, 0.15) is 0 Å². The minimum atomic E-state index is 0.126. The Bertz CT molecular complexity index is 591. The van der Waals surface area contributed by atoms with E-state index in [0.717, 1.165) is 24.8 Å². The van der Waals surface area contributed by atoms with E-state index < -0.39 is 0 Å². The van der Waals surface area contributed by atoms with Crippen LogP contribution >= 0.6 is 0 Å². The van der Waals surface area contributed by atoms with Crippen molar-refractivity contribution < 1.29 is 4.79 Å². The molecule has 3 rings (SSSR count). The van der Waals surface area contributed by atoms with Gasteiger partial charge in [-0.05, 0) is 36.0 Å². The lowest BCUT2D eigenvalue weighted by Gasteiger charge is -2.25. The van der Waals surface area contributed by atoms with E-state index in [1.165, 1.54) is 11.1 Å². The highest BCUT2D eigenvalue weighted by atomic mass is 16.1. The number of amides is 1. The van der Waals surface area contributed by atoms with Gasteiger partial charge in [0.05, 0.1) is 6.42 Å². The third kappa shape index (κ3) is 3.08. The predicted molar refractivity (Wildman–Crippen MR) is 80.5 cm³/mol. The molecule has 1 aliphatic rings. The quantitative estimate of drug-likeness (QED) is 0.908. The molecule has 2 heteroatoms. The van der Waals surface area contributed by atoms with Crippen molar-refractivity contribution in [2.45, 2.75) is 31.7 Å². The van der Waals surface area contributed by atoms with Crippen molar-refractivity contribution in [1.29, 1.82) is 0 Å². The highest BCUT2D eigenvalue weighted by Gasteiger charge is 2.19. The summed E-state index contributed by atoms with van der Waals surface area (Å²) >= 11 is 0. The van der Waals surface area contributed by atoms with Crippen LogP contribution in [0, 0.1) is 0 Å². The second-order valence-corrected chi connectivity index (χ2v) is 5.44. The molecule has 2 nitrogen and oxygen atoms in total. The first-order valence-electron chi connectivity index (χ1n) is 7.21. The predicted octanol–water partition coefficient (Wildman–Crippen LogP) is 2.90. The van der Waals surface area contributed by atoms with Gasteiger partial charge >= 0.3 is 0 Å². The SMILES string of the molecule is O=C(Cc1ccccc1)NC1CCc2ccccc2C1. The zero-order valence-corrected chi connectivity index (χ0v) is 11.5. The van der Waals surface area contributed by atoms with Crippen LogP contribution in [0.2, 0.25) is 0 Å². The van der Waals surface area contributed by atoms with E-state index in [9.17, 15) is 4.79 Å². The van der Waals surface area contributed by atoms with Crippen LogP contribution in [-0.2, 0) is 24.1 Å². The molecule has 1 aliphatic carbocycles. The summed E-state index contributed by atoms with van der Waals surface area (Å²) in [7, 11) is 0. The number of rotatable bonds is 3. The normalized spacial score (nSPS) is 17.3. The van der Waals surface area contributed by atoms with Gasteiger partial charge in [0.25, 0.3) is 0 Å². The number of aryl methyl sites for hydroxylation is 1. The lowest BCUT2D eigenvalue weighted by atomic mass is 9.88. The molecular formula is C18H19NO. The summed E-state index contributed by atoms with van der Waals surface area (Å²) in [6, 6.07) is 18.7. The molecule has 0 saturated heterocycles. The standard InChI is InChI=1S/C18H19NO/c20-18(12-14-6-2-1-3-7-14)19-17-11-10-15-8-4-5-9-16(15)13-17/h1-9,17H,10-13H2,(H,19,20). The zero-order valence-electron chi connectivity index (χ0n) is 11.5. The minimum Gasteiger partial charge on any atom is -0.353 e. The number of hydrogen-bond acceptors (Lipinski definition) is 1. The summed E-state index contributed by atoms with van der Waals surface area (Å²) in [4.78, 5) is 12.1. The van der Waals surface area contributed by atoms with Gasteiger partial charge in [0, 0.05) is 6.04 Å². The molecule has 0 saturated carbocycles. The second-order valence-electron chi connectivity index (χ2n) is 5.44. The Kier molecular flexibility index (Phi) is 3.82. The van der Waals surface area contributed by atoms with Gasteiger partial charge < -0.3 is 5.32 Å². The van der Waals surface area contributed by atoms with Crippen molar-refractivity contribution in [3.63, 3.8) is 0 Å². The van der Waals surface area contributed by atoms with E-state index >= 15 is 0 Å². The van der Waals surface area contributed by atoms with Gasteiger partial charge in [-0.2, -0.15) is 0 Å². The molecule has 0 radical (unpaired) electrons. The third-order valence-corrected chi connectivity index (χ3v) is 3.92. The molecule has 0 spiro atoms. The van der Waals surface area contributed by atoms with Gasteiger partial charge in [0.15, 0.2) is 0 Å². The van der Waals surface area contributed by atoms with Crippen LogP contribution in [0.4, 0.5) is 0 Å². The average Bonchev–Trinajstić information content (AvgIpc) is 2.48. The molecule has 102 valence electrons. The van der Waals surface area contributed by atoms with E-state index in [0.29, 0.717) is 6.42 Å². The van der Waals surface area contributed by atoms with Crippen LogP contribution in [0.25, 0.3) is 0 Å². The monoisotopic (exact) mass is 265 g/mol. The minimum absolute atomic E-state index is 0.126. The van der Waals surface area contributed by atoms with Crippen molar-refractivity contribution in [1.82, 2.24) is 5.32 Å². The number of carbonyl (C=O) groups is 1. The molecule has 20 heavy (non-hydrogen) atoms. The summed E-state index contributed by atoms with van der Waals surface area (Å²) in [5.41, 5.74) is 3.88. The van der Waals surface area contributed by atoms with Crippen LogP contribution < -0.4 is 5.32 Å². The lowest BCUT2D eigenvalue weighted by molar-refractivity contribution is -0.121. The molecular weight excluding hydrogens is 246 g/mol. The summed E-state index contributed by atoms with van der Waals surface area (Å²) < 4.78 is 0. The first-order chi connectivity index (χ1) is 9.81. The topological polar surface area (TPSA) is 29.1 Å². The smallest absolute Gasteiger partial charge is 0.224 e. The molecule has 1 atom stereocenters. The Morgan fingerprint density at radius 1 is 1.00 bits per heavy atom. The number of benzene rings is 2. The fourth-order valence-electron chi connectivity index (χ4n) is 2.88. The van der Waals surface area contributed by atoms with Crippen molar-refractivity contribution in [2.24, 2.45) is 0 Å². The first kappa shape index (κ1) is 12.9. The van der Waals surface area contributed by atoms with E-state index in [1.54, 1.807) is 0 Å². The molecule has 0 aliphatic heterocycles. The number of fused-ring (bicyclic) bond motifs is 1. The summed E-state index contributed by atoms with van der Waals surface area (Å²) in [6.45, 7) is 0. The largest absolute Gasteiger partial charge is 0.353 e. The van der Waals surface area contributed by atoms with Crippen molar-refractivity contribution in [3.05, 3.63) is 71.3 Å². The van der Waals surface area contributed by atoms with Crippen LogP contribution in [-0.4, -0.2) is 11.9 Å².